The van der Waals surface area contributed by atoms with Crippen LogP contribution in [0.15, 0.2) is 84.0 Å². The number of benzene rings is 4. The van der Waals surface area contributed by atoms with Crippen molar-refractivity contribution in [1.82, 2.24) is 10.2 Å². The molecule has 0 aromatic heterocycles. The van der Waals surface area contributed by atoms with E-state index in [0.717, 1.165) is 101 Å². The number of fused-ring (bicyclic) bond motifs is 8. The third-order valence-electron chi connectivity index (χ3n) is 15.9. The fourth-order valence-electron chi connectivity index (χ4n) is 12.1. The zero-order valence-corrected chi connectivity index (χ0v) is 42.5. The van der Waals surface area contributed by atoms with E-state index in [0.29, 0.717) is 42.0 Å². The van der Waals surface area contributed by atoms with E-state index in [1.165, 1.54) is 33.4 Å². The fraction of sp³-hybridized carbons (Fsp3) is 0.500. The number of unbranched alkanes of at least 4 members (excludes halogenated alkanes) is 4. The summed E-state index contributed by atoms with van der Waals surface area (Å²) < 4.78 is 12.9. The van der Waals surface area contributed by atoms with Crippen LogP contribution in [0.2, 0.25) is 0 Å². The molecule has 4 N–H and O–H groups in total. The number of phenols is 2. The Morgan fingerprint density at radius 1 is 0.652 bits per heavy atom. The first kappa shape index (κ1) is 49.9. The van der Waals surface area contributed by atoms with Crippen LogP contribution in [0.4, 0.5) is 0 Å². The van der Waals surface area contributed by atoms with Crippen LogP contribution in [0.5, 0.6) is 23.0 Å². The number of nitrogens with zero attached hydrogens (tertiary/aromatic N) is 1. The molecule has 0 radical (unpaired) electrons. The summed E-state index contributed by atoms with van der Waals surface area (Å²) in [7, 11) is 0. The van der Waals surface area contributed by atoms with Crippen LogP contribution in [0, 0.1) is 11.8 Å². The Bertz CT molecular complexity index is 2570. The smallest absolute Gasteiger partial charge is 0.339 e. The molecule has 9 nitrogen and oxygen atoms in total. The summed E-state index contributed by atoms with van der Waals surface area (Å²) in [5.74, 6) is 0.898. The van der Waals surface area contributed by atoms with E-state index in [1.807, 2.05) is 23.1 Å². The van der Waals surface area contributed by atoms with Gasteiger partial charge in [0, 0.05) is 61.0 Å². The number of amides is 1. The summed E-state index contributed by atoms with van der Waals surface area (Å²) in [6.07, 6.45) is 16.2. The molecule has 0 spiro atoms. The summed E-state index contributed by atoms with van der Waals surface area (Å²) in [6.45, 7) is 20.4. The minimum absolute atomic E-state index is 0.00490. The first-order valence-corrected chi connectivity index (χ1v) is 25.9. The predicted molar refractivity (Wildman–Crippen MR) is 274 cm³/mol. The van der Waals surface area contributed by atoms with Crippen LogP contribution in [0.25, 0.3) is 0 Å². The SMILES string of the molecule is CCCCCc1cc2c(c(O)c1C(=O)N1Cc3ccccc3C1)[C@@H]1C=C(C)CC[C@H]1C(C)(C)O2.CCCCCc1cc2c(c(O)c1C(=O)O)[C@@H]1C=C(C)CC[C@H]1C(C)(C)O2.c1ccc2c(c1)CNC2. The largest absolute Gasteiger partial charge is 0.507 e. The van der Waals surface area contributed by atoms with Gasteiger partial charge in [0.2, 0.25) is 0 Å². The quantitative estimate of drug-likeness (QED) is 0.0914. The summed E-state index contributed by atoms with van der Waals surface area (Å²) >= 11 is 0. The van der Waals surface area contributed by atoms with Crippen molar-refractivity contribution in [3.05, 3.63) is 140 Å². The molecule has 1 amide bonds. The van der Waals surface area contributed by atoms with Gasteiger partial charge in [-0.05, 0) is 138 Å². The van der Waals surface area contributed by atoms with E-state index in [2.05, 4.69) is 115 Å². The Morgan fingerprint density at radius 2 is 1.07 bits per heavy atom. The van der Waals surface area contributed by atoms with Crippen LogP contribution < -0.4 is 14.8 Å². The molecule has 0 fully saturated rings. The molecule has 9 heteroatoms. The number of nitrogens with one attached hydrogen (secondary N) is 1. The lowest BCUT2D eigenvalue weighted by molar-refractivity contribution is 0.0102. The van der Waals surface area contributed by atoms with Gasteiger partial charge in [0.05, 0.1) is 5.56 Å². The third kappa shape index (κ3) is 10.4. The molecule has 0 bridgehead atoms. The number of carboxylic acids is 1. The second-order valence-electron chi connectivity index (χ2n) is 21.6. The van der Waals surface area contributed by atoms with Crippen molar-refractivity contribution < 1.29 is 34.4 Å². The lowest BCUT2D eigenvalue weighted by Gasteiger charge is -2.46. The summed E-state index contributed by atoms with van der Waals surface area (Å²) in [4.78, 5) is 27.7. The third-order valence-corrected chi connectivity index (χ3v) is 15.9. The zero-order chi connectivity index (χ0) is 49.2. The average Bonchev–Trinajstić information content (AvgIpc) is 3.97. The Hall–Kier alpha value is -5.54. The Kier molecular flexibility index (Phi) is 15.0. The van der Waals surface area contributed by atoms with Crippen LogP contribution in [0.3, 0.4) is 0 Å². The maximum atomic E-state index is 13.9. The van der Waals surface area contributed by atoms with Crippen LogP contribution in [-0.4, -0.2) is 43.3 Å². The number of rotatable bonds is 10. The Balaban J connectivity index is 0.000000161. The first-order valence-electron chi connectivity index (χ1n) is 25.9. The summed E-state index contributed by atoms with van der Waals surface area (Å²) in [5, 5.41) is 35.7. The molecule has 4 aliphatic heterocycles. The number of phenolic OH excluding ortho intramolecular Hbond substituents is 1. The second kappa shape index (κ2) is 20.8. The molecule has 4 heterocycles. The van der Waals surface area contributed by atoms with Crippen molar-refractivity contribution in [3.8, 4) is 23.0 Å². The van der Waals surface area contributed by atoms with E-state index in [1.54, 1.807) is 0 Å². The lowest BCUT2D eigenvalue weighted by Crippen LogP contribution is -2.45. The minimum Gasteiger partial charge on any atom is -0.507 e. The highest BCUT2D eigenvalue weighted by atomic mass is 16.5. The molecule has 4 atom stereocenters. The van der Waals surface area contributed by atoms with E-state index < -0.39 is 5.97 Å². The normalized spacial score (nSPS) is 21.9. The Morgan fingerprint density at radius 3 is 1.51 bits per heavy atom. The van der Waals surface area contributed by atoms with Crippen LogP contribution in [0.1, 0.15) is 197 Å². The van der Waals surface area contributed by atoms with Gasteiger partial charge in [0.1, 0.15) is 39.8 Å². The molecule has 0 saturated heterocycles. The van der Waals surface area contributed by atoms with E-state index in [9.17, 15) is 24.9 Å². The molecule has 4 aromatic carbocycles. The van der Waals surface area contributed by atoms with Gasteiger partial charge in [-0.25, -0.2) is 4.79 Å². The van der Waals surface area contributed by atoms with Crippen LogP contribution in [-0.2, 0) is 39.0 Å². The summed E-state index contributed by atoms with van der Waals surface area (Å²) in [6, 6.07) is 20.7. The summed E-state index contributed by atoms with van der Waals surface area (Å²) in [5.41, 5.74) is 10.9. The average molecular weight is 937 g/mol. The fourth-order valence-corrected chi connectivity index (χ4v) is 12.1. The Labute approximate surface area is 411 Å². The number of aromatic hydroxyl groups is 2. The maximum absolute atomic E-state index is 13.9. The molecule has 2 aliphatic carbocycles. The number of hydrogen-bond acceptors (Lipinski definition) is 7. The van der Waals surface area contributed by atoms with Crippen molar-refractivity contribution in [2.24, 2.45) is 11.8 Å². The second-order valence-corrected chi connectivity index (χ2v) is 21.6. The highest BCUT2D eigenvalue weighted by molar-refractivity contribution is 6.00. The molecule has 4 aromatic rings. The molecule has 0 unspecified atom stereocenters. The number of ether oxygens (including phenoxy) is 2. The molecule has 368 valence electrons. The number of aryl methyl sites for hydroxylation is 2. The number of aromatic carboxylic acids is 1. The number of carbonyl (C=O) groups is 2. The molecule has 69 heavy (non-hydrogen) atoms. The van der Waals surface area contributed by atoms with Gasteiger partial charge in [-0.15, -0.1) is 0 Å². The molecule has 0 saturated carbocycles. The number of hydrogen-bond donors (Lipinski definition) is 4. The van der Waals surface area contributed by atoms with Crippen molar-refractivity contribution in [3.63, 3.8) is 0 Å². The topological polar surface area (TPSA) is 129 Å². The van der Waals surface area contributed by atoms with Gasteiger partial charge >= 0.3 is 5.97 Å². The maximum Gasteiger partial charge on any atom is 0.339 e. The number of carbonyl (C=O) groups excluding carboxylic acids is 1. The highest BCUT2D eigenvalue weighted by Crippen LogP contribution is 2.56. The van der Waals surface area contributed by atoms with Crippen molar-refractivity contribution >= 4 is 11.9 Å². The lowest BCUT2D eigenvalue weighted by atomic mass is 9.67. The van der Waals surface area contributed by atoms with Crippen molar-refractivity contribution in [2.45, 2.75) is 182 Å². The standard InChI is InChI=1S/C30H37NO3.C22H30O4.C8H9N/c1-5-6-7-10-20-16-25-27(23-15-19(2)13-14-24(23)30(3,4)34-25)28(32)26(20)29(33)31-17-21-11-8-9-12-22(21)18-31;1-5-6-7-8-14-12-17-19(20(23)18(14)21(24)25)15-11-13(2)9-10-16(15)22(3,4)26-17;1-2-4-8-6-9-5-7(8)3-1/h8-9,11-12,15-16,23-24,32H,5-7,10,13-14,17-18H2,1-4H3;11-12,15-16,23H,5-10H2,1-4H3,(H,24,25);1-4,9H,5-6H2/t23-,24-;15-,16-;/m11./s1. The molecule has 6 aliphatic rings. The van der Waals surface area contributed by atoms with Gasteiger partial charge in [0.15, 0.2) is 0 Å². The van der Waals surface area contributed by atoms with Crippen LogP contribution >= 0.6 is 0 Å². The number of carboxylic acid groups (broad SMARTS) is 1. The molecule has 10 rings (SSSR count). The zero-order valence-electron chi connectivity index (χ0n) is 42.5. The van der Waals surface area contributed by atoms with Gasteiger partial charge in [-0.2, -0.15) is 0 Å². The van der Waals surface area contributed by atoms with E-state index >= 15 is 0 Å². The van der Waals surface area contributed by atoms with Gasteiger partial charge in [0.25, 0.3) is 5.91 Å². The van der Waals surface area contributed by atoms with E-state index in [4.69, 9.17) is 9.47 Å². The van der Waals surface area contributed by atoms with Gasteiger partial charge in [-0.1, -0.05) is 111 Å². The molecular weight excluding hydrogens is 861 g/mol. The first-order chi connectivity index (χ1) is 33.0. The van der Waals surface area contributed by atoms with Gasteiger partial charge < -0.3 is 35.0 Å². The van der Waals surface area contributed by atoms with Crippen molar-refractivity contribution in [2.75, 3.05) is 0 Å². The predicted octanol–water partition coefficient (Wildman–Crippen LogP) is 13.6. The monoisotopic (exact) mass is 937 g/mol. The number of allylic oxidation sites excluding steroid dienone is 4. The minimum atomic E-state index is -1.06. The van der Waals surface area contributed by atoms with E-state index in [-0.39, 0.29) is 57.8 Å². The highest BCUT2D eigenvalue weighted by Gasteiger charge is 2.48. The van der Waals surface area contributed by atoms with Gasteiger partial charge in [-0.3, -0.25) is 4.79 Å². The van der Waals surface area contributed by atoms with Crippen molar-refractivity contribution in [1.29, 1.82) is 0 Å². The molecular formula is C60H76N2O7.